The van der Waals surface area contributed by atoms with Crippen molar-refractivity contribution in [3.63, 3.8) is 0 Å². The van der Waals surface area contributed by atoms with Gasteiger partial charge in [-0.1, -0.05) is 12.1 Å². The van der Waals surface area contributed by atoms with Crippen molar-refractivity contribution < 1.29 is 9.18 Å². The molecule has 0 radical (unpaired) electrons. The number of rotatable bonds is 3. The van der Waals surface area contributed by atoms with Crippen LogP contribution < -0.4 is 4.90 Å². The van der Waals surface area contributed by atoms with Crippen LogP contribution >= 0.6 is 0 Å². The van der Waals surface area contributed by atoms with Crippen molar-refractivity contribution in [1.29, 1.82) is 0 Å². The molecule has 2 aliphatic heterocycles. The Bertz CT molecular complexity index is 799. The third-order valence-electron chi connectivity index (χ3n) is 5.77. The number of H-pyrrole nitrogens is 1. The number of piperidine rings is 1. The molecule has 0 spiro atoms. The average Bonchev–Trinajstić information content (AvgIpc) is 3.14. The number of amides is 1. The number of carbonyl (C=O) groups is 1. The van der Waals surface area contributed by atoms with Gasteiger partial charge in [0, 0.05) is 51.0 Å². The molecule has 27 heavy (non-hydrogen) atoms. The lowest BCUT2D eigenvalue weighted by atomic mass is 10.0. The summed E-state index contributed by atoms with van der Waals surface area (Å²) in [6.07, 6.45) is 3.74. The fraction of sp³-hybridized carbons (Fsp3) is 0.500. The molecule has 2 saturated heterocycles. The summed E-state index contributed by atoms with van der Waals surface area (Å²) in [6.45, 7) is 6.85. The van der Waals surface area contributed by atoms with Crippen LogP contribution in [0.3, 0.4) is 0 Å². The SMILES string of the molecule is Cc1[nH]ncc1C(=O)N1CCCC(N2CCN(c3ccccc3F)CC2)C1. The number of para-hydroxylation sites is 1. The Balaban J connectivity index is 1.36. The summed E-state index contributed by atoms with van der Waals surface area (Å²) in [5, 5.41) is 6.82. The van der Waals surface area contributed by atoms with Gasteiger partial charge in [-0.05, 0) is 31.9 Å². The van der Waals surface area contributed by atoms with E-state index in [1.54, 1.807) is 12.3 Å². The topological polar surface area (TPSA) is 55.5 Å². The highest BCUT2D eigenvalue weighted by Gasteiger charge is 2.31. The van der Waals surface area contributed by atoms with Gasteiger partial charge in [-0.25, -0.2) is 4.39 Å². The number of hydrogen-bond donors (Lipinski definition) is 1. The largest absolute Gasteiger partial charge is 0.367 e. The minimum absolute atomic E-state index is 0.0657. The van der Waals surface area contributed by atoms with E-state index in [9.17, 15) is 9.18 Å². The van der Waals surface area contributed by atoms with Crippen LogP contribution in [0.5, 0.6) is 0 Å². The van der Waals surface area contributed by atoms with Crippen LogP contribution in [0.15, 0.2) is 30.5 Å². The predicted molar refractivity (Wildman–Crippen MR) is 102 cm³/mol. The van der Waals surface area contributed by atoms with Crippen LogP contribution in [0, 0.1) is 12.7 Å². The van der Waals surface area contributed by atoms with E-state index in [-0.39, 0.29) is 11.7 Å². The maximum Gasteiger partial charge on any atom is 0.257 e. The smallest absolute Gasteiger partial charge is 0.257 e. The third-order valence-corrected chi connectivity index (χ3v) is 5.77. The van der Waals surface area contributed by atoms with Crippen molar-refractivity contribution in [2.45, 2.75) is 25.8 Å². The summed E-state index contributed by atoms with van der Waals surface area (Å²) in [5.41, 5.74) is 2.17. The normalized spacial score (nSPS) is 21.5. The Morgan fingerprint density at radius 3 is 2.67 bits per heavy atom. The van der Waals surface area contributed by atoms with Crippen molar-refractivity contribution in [3.05, 3.63) is 47.5 Å². The molecule has 1 unspecified atom stereocenters. The maximum absolute atomic E-state index is 14.0. The van der Waals surface area contributed by atoms with E-state index in [4.69, 9.17) is 0 Å². The van der Waals surface area contributed by atoms with E-state index in [0.717, 1.165) is 57.8 Å². The highest BCUT2D eigenvalue weighted by atomic mass is 19.1. The van der Waals surface area contributed by atoms with Crippen LogP contribution in [-0.2, 0) is 0 Å². The lowest BCUT2D eigenvalue weighted by Crippen LogP contribution is -2.56. The number of aromatic amines is 1. The number of likely N-dealkylation sites (tertiary alicyclic amines) is 1. The van der Waals surface area contributed by atoms with Crippen molar-refractivity contribution in [3.8, 4) is 0 Å². The molecule has 0 aliphatic carbocycles. The fourth-order valence-electron chi connectivity index (χ4n) is 4.21. The zero-order chi connectivity index (χ0) is 18.8. The number of piperazine rings is 1. The lowest BCUT2D eigenvalue weighted by molar-refractivity contribution is 0.0562. The lowest BCUT2D eigenvalue weighted by Gasteiger charge is -2.44. The van der Waals surface area contributed by atoms with Gasteiger partial charge < -0.3 is 9.80 Å². The number of benzene rings is 1. The summed E-state index contributed by atoms with van der Waals surface area (Å²) >= 11 is 0. The number of nitrogens with zero attached hydrogens (tertiary/aromatic N) is 4. The first kappa shape index (κ1) is 18.0. The highest BCUT2D eigenvalue weighted by Crippen LogP contribution is 2.23. The van der Waals surface area contributed by atoms with E-state index in [1.165, 1.54) is 6.07 Å². The monoisotopic (exact) mass is 371 g/mol. The summed E-state index contributed by atoms with van der Waals surface area (Å²) < 4.78 is 14.0. The zero-order valence-corrected chi connectivity index (χ0v) is 15.7. The first-order chi connectivity index (χ1) is 13.1. The first-order valence-corrected chi connectivity index (χ1v) is 9.66. The van der Waals surface area contributed by atoms with Crippen molar-refractivity contribution >= 4 is 11.6 Å². The molecule has 2 aromatic rings. The number of anilines is 1. The number of hydrogen-bond acceptors (Lipinski definition) is 4. The molecule has 7 heteroatoms. The summed E-state index contributed by atoms with van der Waals surface area (Å²) in [7, 11) is 0. The van der Waals surface area contributed by atoms with E-state index in [2.05, 4.69) is 20.0 Å². The van der Waals surface area contributed by atoms with Crippen LogP contribution in [0.4, 0.5) is 10.1 Å². The molecule has 1 N–H and O–H groups in total. The van der Waals surface area contributed by atoms with Gasteiger partial charge in [0.25, 0.3) is 5.91 Å². The molecule has 6 nitrogen and oxygen atoms in total. The van der Waals surface area contributed by atoms with Gasteiger partial charge >= 0.3 is 0 Å². The molecule has 1 atom stereocenters. The quantitative estimate of drug-likeness (QED) is 0.899. The van der Waals surface area contributed by atoms with Gasteiger partial charge in [-0.15, -0.1) is 0 Å². The maximum atomic E-state index is 14.0. The van der Waals surface area contributed by atoms with Crippen LogP contribution in [-0.4, -0.2) is 71.2 Å². The minimum Gasteiger partial charge on any atom is -0.367 e. The molecule has 1 amide bonds. The molecule has 144 valence electrons. The summed E-state index contributed by atoms with van der Waals surface area (Å²) in [5.74, 6) is -0.0909. The van der Waals surface area contributed by atoms with Crippen LogP contribution in [0.2, 0.25) is 0 Å². The Labute approximate surface area is 158 Å². The van der Waals surface area contributed by atoms with E-state index in [0.29, 0.717) is 17.3 Å². The molecular weight excluding hydrogens is 345 g/mol. The van der Waals surface area contributed by atoms with E-state index >= 15 is 0 Å². The molecule has 4 rings (SSSR count). The second-order valence-corrected chi connectivity index (χ2v) is 7.43. The third kappa shape index (κ3) is 3.69. The number of carbonyl (C=O) groups excluding carboxylic acids is 1. The van der Waals surface area contributed by atoms with Crippen molar-refractivity contribution in [1.82, 2.24) is 20.0 Å². The second kappa shape index (κ2) is 7.68. The minimum atomic E-state index is -0.157. The van der Waals surface area contributed by atoms with Crippen molar-refractivity contribution in [2.75, 3.05) is 44.2 Å². The summed E-state index contributed by atoms with van der Waals surface area (Å²) in [4.78, 5) is 19.3. The zero-order valence-electron chi connectivity index (χ0n) is 15.7. The molecule has 3 heterocycles. The molecule has 0 saturated carbocycles. The summed E-state index contributed by atoms with van der Waals surface area (Å²) in [6, 6.07) is 7.35. The van der Waals surface area contributed by atoms with Crippen LogP contribution in [0.1, 0.15) is 28.9 Å². The van der Waals surface area contributed by atoms with Gasteiger partial charge in [-0.2, -0.15) is 5.10 Å². The molecule has 2 fully saturated rings. The first-order valence-electron chi connectivity index (χ1n) is 9.66. The van der Waals surface area contributed by atoms with E-state index in [1.807, 2.05) is 24.0 Å². The number of aryl methyl sites for hydroxylation is 1. The number of nitrogens with one attached hydrogen (secondary N) is 1. The molecule has 1 aromatic heterocycles. The Kier molecular flexibility index (Phi) is 5.11. The van der Waals surface area contributed by atoms with Gasteiger partial charge in [0.15, 0.2) is 0 Å². The number of halogens is 1. The standard InChI is InChI=1S/C20H26FN5O/c1-15-17(13-22-23-15)20(27)26-8-4-5-16(14-26)24-9-11-25(12-10-24)19-7-3-2-6-18(19)21/h2-3,6-7,13,16H,4-5,8-12,14H2,1H3,(H,22,23). The number of aromatic nitrogens is 2. The molecular formula is C20H26FN5O. The second-order valence-electron chi connectivity index (χ2n) is 7.43. The van der Waals surface area contributed by atoms with Crippen LogP contribution in [0.25, 0.3) is 0 Å². The van der Waals surface area contributed by atoms with Crippen molar-refractivity contribution in [2.24, 2.45) is 0 Å². The molecule has 2 aliphatic rings. The molecule has 0 bridgehead atoms. The highest BCUT2D eigenvalue weighted by molar-refractivity contribution is 5.95. The van der Waals surface area contributed by atoms with Gasteiger partial charge in [0.2, 0.25) is 0 Å². The Morgan fingerprint density at radius 1 is 1.19 bits per heavy atom. The average molecular weight is 371 g/mol. The fourth-order valence-corrected chi connectivity index (χ4v) is 4.21. The van der Waals surface area contributed by atoms with Gasteiger partial charge in [-0.3, -0.25) is 14.8 Å². The predicted octanol–water partition coefficient (Wildman–Crippen LogP) is 2.28. The van der Waals surface area contributed by atoms with Gasteiger partial charge in [0.05, 0.1) is 17.4 Å². The van der Waals surface area contributed by atoms with Gasteiger partial charge in [0.1, 0.15) is 5.82 Å². The molecule has 1 aromatic carbocycles. The Hall–Kier alpha value is -2.41. The Morgan fingerprint density at radius 2 is 1.96 bits per heavy atom. The van der Waals surface area contributed by atoms with E-state index < -0.39 is 0 Å².